The lowest BCUT2D eigenvalue weighted by Gasteiger charge is -1.90. The highest BCUT2D eigenvalue weighted by molar-refractivity contribution is 5.89. The van der Waals surface area contributed by atoms with Crippen LogP contribution in [-0.2, 0) is 6.73 Å². The molecule has 0 saturated heterocycles. The van der Waals surface area contributed by atoms with E-state index in [2.05, 4.69) is 10.1 Å². The maximum absolute atomic E-state index is 10.6. The van der Waals surface area contributed by atoms with E-state index in [0.29, 0.717) is 0 Å². The summed E-state index contributed by atoms with van der Waals surface area (Å²) >= 11 is 0. The van der Waals surface area contributed by atoms with E-state index >= 15 is 0 Å². The van der Waals surface area contributed by atoms with Crippen molar-refractivity contribution < 1.29 is 15.1 Å². The van der Waals surface area contributed by atoms with Gasteiger partial charge in [-0.15, -0.1) is 5.10 Å². The molecule has 0 unspecified atom stereocenters. The summed E-state index contributed by atoms with van der Waals surface area (Å²) in [5.41, 5.74) is 1.36. The van der Waals surface area contributed by atoms with Crippen molar-refractivity contribution in [3.63, 3.8) is 0 Å². The first-order valence-corrected chi connectivity index (χ1v) is 2.72. The van der Waals surface area contributed by atoms with E-state index in [1.54, 1.807) is 0 Å². The first-order chi connectivity index (χ1) is 5.27. The van der Waals surface area contributed by atoms with Gasteiger partial charge in [0.25, 0.3) is 0 Å². The maximum atomic E-state index is 10.6. The summed E-state index contributed by atoms with van der Waals surface area (Å²) in [7, 11) is 0. The molecule has 0 atom stereocenters. The van der Waals surface area contributed by atoms with Crippen LogP contribution < -0.4 is 5.48 Å². The number of hydroxylamine groups is 1. The number of hydrogen-bond acceptors (Lipinski definition) is 5. The van der Waals surface area contributed by atoms with Crippen LogP contribution in [0.5, 0.6) is 0 Å². The van der Waals surface area contributed by atoms with Crippen LogP contribution in [0, 0.1) is 0 Å². The highest BCUT2D eigenvalue weighted by Crippen LogP contribution is 1.87. The minimum Gasteiger partial charge on any atom is -0.374 e. The van der Waals surface area contributed by atoms with Crippen molar-refractivity contribution in [2.45, 2.75) is 6.73 Å². The van der Waals surface area contributed by atoms with Crippen molar-refractivity contribution in [1.82, 2.24) is 20.2 Å². The molecule has 1 amide bonds. The SMILES string of the molecule is O=C(NO)c1ncn(CO)n1. The second-order valence-electron chi connectivity index (χ2n) is 1.69. The summed E-state index contributed by atoms with van der Waals surface area (Å²) in [6, 6.07) is 0. The lowest BCUT2D eigenvalue weighted by molar-refractivity contribution is 0.0693. The highest BCUT2D eigenvalue weighted by Gasteiger charge is 2.08. The Balaban J connectivity index is 2.80. The van der Waals surface area contributed by atoms with Gasteiger partial charge in [0, 0.05) is 0 Å². The molecule has 1 heterocycles. The smallest absolute Gasteiger partial charge is 0.314 e. The van der Waals surface area contributed by atoms with E-state index in [4.69, 9.17) is 10.3 Å². The van der Waals surface area contributed by atoms with Gasteiger partial charge < -0.3 is 5.11 Å². The predicted octanol–water partition coefficient (Wildman–Crippen LogP) is -1.65. The van der Waals surface area contributed by atoms with Crippen molar-refractivity contribution >= 4 is 5.91 Å². The summed E-state index contributed by atoms with van der Waals surface area (Å²) in [6.45, 7) is -0.355. The number of nitrogens with one attached hydrogen (secondary N) is 1. The van der Waals surface area contributed by atoms with Gasteiger partial charge in [0.05, 0.1) is 0 Å². The highest BCUT2D eigenvalue weighted by atomic mass is 16.5. The summed E-state index contributed by atoms with van der Waals surface area (Å²) in [5.74, 6) is -1.00. The molecule has 60 valence electrons. The van der Waals surface area contributed by atoms with Gasteiger partial charge in [-0.3, -0.25) is 10.0 Å². The third kappa shape index (κ3) is 1.51. The number of nitrogens with zero attached hydrogens (tertiary/aromatic N) is 3. The summed E-state index contributed by atoms with van der Waals surface area (Å²) in [6.07, 6.45) is 1.17. The Morgan fingerprint density at radius 3 is 3.00 bits per heavy atom. The van der Waals surface area contributed by atoms with Crippen molar-refractivity contribution in [2.75, 3.05) is 0 Å². The number of carbonyl (C=O) groups is 1. The van der Waals surface area contributed by atoms with Crippen LogP contribution in [-0.4, -0.2) is 31.0 Å². The van der Waals surface area contributed by atoms with E-state index < -0.39 is 5.91 Å². The fourth-order valence-electron chi connectivity index (χ4n) is 0.517. The molecule has 0 aliphatic carbocycles. The molecular formula is C4H6N4O3. The molecule has 11 heavy (non-hydrogen) atoms. The fourth-order valence-corrected chi connectivity index (χ4v) is 0.517. The molecule has 7 nitrogen and oxygen atoms in total. The van der Waals surface area contributed by atoms with Gasteiger partial charge in [-0.1, -0.05) is 0 Å². The summed E-state index contributed by atoms with van der Waals surface area (Å²) in [5, 5.41) is 20.1. The van der Waals surface area contributed by atoms with Gasteiger partial charge in [-0.05, 0) is 0 Å². The molecule has 0 aromatic carbocycles. The monoisotopic (exact) mass is 158 g/mol. The minimum absolute atomic E-state index is 0.193. The third-order valence-electron chi connectivity index (χ3n) is 0.986. The van der Waals surface area contributed by atoms with Crippen LogP contribution in [0.15, 0.2) is 6.33 Å². The lowest BCUT2D eigenvalue weighted by Crippen LogP contribution is -2.20. The first kappa shape index (κ1) is 7.63. The average Bonchev–Trinajstić information content (AvgIpc) is 2.50. The number of rotatable bonds is 2. The first-order valence-electron chi connectivity index (χ1n) is 2.72. The maximum Gasteiger partial charge on any atom is 0.314 e. The molecule has 1 rings (SSSR count). The molecule has 0 aliphatic rings. The molecule has 3 N–H and O–H groups in total. The van der Waals surface area contributed by atoms with E-state index in [-0.39, 0.29) is 12.6 Å². The number of hydrogen-bond donors (Lipinski definition) is 3. The molecule has 1 aromatic heterocycles. The Hall–Kier alpha value is -1.47. The van der Waals surface area contributed by atoms with Crippen LogP contribution in [0.2, 0.25) is 0 Å². The molecule has 0 radical (unpaired) electrons. The standard InChI is InChI=1S/C4H6N4O3/c9-2-8-1-5-3(6-8)4(10)7-11/h1,9,11H,2H2,(H,7,10). The van der Waals surface area contributed by atoms with Gasteiger partial charge in [-0.25, -0.2) is 15.1 Å². The molecule has 0 saturated carbocycles. The molecule has 7 heteroatoms. The molecular weight excluding hydrogens is 152 g/mol. The van der Waals surface area contributed by atoms with Crippen LogP contribution in [0.4, 0.5) is 0 Å². The molecule has 0 fully saturated rings. The van der Waals surface area contributed by atoms with Gasteiger partial charge in [-0.2, -0.15) is 0 Å². The predicted molar refractivity (Wildman–Crippen MR) is 31.5 cm³/mol. The van der Waals surface area contributed by atoms with E-state index in [1.165, 1.54) is 11.8 Å². The van der Waals surface area contributed by atoms with Gasteiger partial charge in [0.1, 0.15) is 13.1 Å². The number of aliphatic hydroxyl groups excluding tert-OH is 1. The van der Waals surface area contributed by atoms with Crippen molar-refractivity contribution in [3.8, 4) is 0 Å². The Morgan fingerprint density at radius 2 is 2.55 bits per heavy atom. The zero-order valence-electron chi connectivity index (χ0n) is 5.43. The average molecular weight is 158 g/mol. The number of amides is 1. The number of aliphatic hydroxyl groups is 1. The Labute approximate surface area is 61.2 Å². The Morgan fingerprint density at radius 1 is 1.82 bits per heavy atom. The van der Waals surface area contributed by atoms with Gasteiger partial charge in [0.15, 0.2) is 0 Å². The summed E-state index contributed by atoms with van der Waals surface area (Å²) in [4.78, 5) is 14.0. The normalized spacial score (nSPS) is 9.64. The second kappa shape index (κ2) is 3.08. The lowest BCUT2D eigenvalue weighted by atomic mass is 10.6. The largest absolute Gasteiger partial charge is 0.374 e. The van der Waals surface area contributed by atoms with Crippen LogP contribution in [0.3, 0.4) is 0 Å². The number of carbonyl (C=O) groups excluding carboxylic acids is 1. The Kier molecular flexibility index (Phi) is 2.14. The molecule has 0 aliphatic heterocycles. The molecule has 1 aromatic rings. The zero-order valence-corrected chi connectivity index (χ0v) is 5.43. The number of aromatic nitrogens is 3. The Bertz CT molecular complexity index is 258. The van der Waals surface area contributed by atoms with Gasteiger partial charge in [0.2, 0.25) is 5.82 Å². The van der Waals surface area contributed by atoms with Crippen molar-refractivity contribution in [1.29, 1.82) is 0 Å². The topological polar surface area (TPSA) is 100 Å². The molecule has 0 spiro atoms. The van der Waals surface area contributed by atoms with Crippen LogP contribution in [0.25, 0.3) is 0 Å². The van der Waals surface area contributed by atoms with E-state index in [9.17, 15) is 4.79 Å². The summed E-state index contributed by atoms with van der Waals surface area (Å²) < 4.78 is 1.05. The fraction of sp³-hybridized carbons (Fsp3) is 0.250. The zero-order chi connectivity index (χ0) is 8.27. The van der Waals surface area contributed by atoms with E-state index in [1.807, 2.05) is 0 Å². The van der Waals surface area contributed by atoms with Crippen molar-refractivity contribution in [3.05, 3.63) is 12.2 Å². The third-order valence-corrected chi connectivity index (χ3v) is 0.986. The molecule has 0 bridgehead atoms. The quantitative estimate of drug-likeness (QED) is 0.353. The van der Waals surface area contributed by atoms with Gasteiger partial charge >= 0.3 is 5.91 Å². The van der Waals surface area contributed by atoms with Crippen LogP contribution in [0.1, 0.15) is 10.6 Å². The minimum atomic E-state index is -0.808. The van der Waals surface area contributed by atoms with E-state index in [0.717, 1.165) is 4.68 Å². The van der Waals surface area contributed by atoms with Crippen LogP contribution >= 0.6 is 0 Å². The second-order valence-corrected chi connectivity index (χ2v) is 1.69. The van der Waals surface area contributed by atoms with Crippen molar-refractivity contribution in [2.24, 2.45) is 0 Å².